The third-order valence-electron chi connectivity index (χ3n) is 4.89. The van der Waals surface area contributed by atoms with E-state index in [2.05, 4.69) is 28.7 Å². The van der Waals surface area contributed by atoms with E-state index in [1.807, 2.05) is 25.1 Å². The summed E-state index contributed by atoms with van der Waals surface area (Å²) in [6.07, 6.45) is 11.7. The Balaban J connectivity index is 1.68. The first-order valence-electron chi connectivity index (χ1n) is 9.32. The number of ether oxygens (including phenoxy) is 1. The molecule has 26 heavy (non-hydrogen) atoms. The highest BCUT2D eigenvalue weighted by Crippen LogP contribution is 2.33. The van der Waals surface area contributed by atoms with Gasteiger partial charge in [-0.3, -0.25) is 4.79 Å². The lowest BCUT2D eigenvalue weighted by molar-refractivity contribution is 0.295. The van der Waals surface area contributed by atoms with Gasteiger partial charge in [0.25, 0.3) is 5.56 Å². The van der Waals surface area contributed by atoms with Gasteiger partial charge < -0.3 is 9.72 Å². The Bertz CT molecular complexity index is 828. The molecule has 1 aromatic carbocycles. The van der Waals surface area contributed by atoms with E-state index in [-0.39, 0.29) is 12.2 Å². The zero-order valence-electron chi connectivity index (χ0n) is 15.3. The number of aromatic nitrogens is 2. The van der Waals surface area contributed by atoms with Crippen molar-refractivity contribution in [2.24, 2.45) is 0 Å². The number of rotatable bonds is 6. The Morgan fingerprint density at radius 1 is 1.23 bits per heavy atom. The Hall–Kier alpha value is -2.62. The van der Waals surface area contributed by atoms with Crippen LogP contribution in [0.2, 0.25) is 0 Å². The van der Waals surface area contributed by atoms with Gasteiger partial charge in [0, 0.05) is 0 Å². The number of hydrogen-bond donors (Lipinski definition) is 1. The van der Waals surface area contributed by atoms with Crippen LogP contribution >= 0.6 is 0 Å². The quantitative estimate of drug-likeness (QED) is 0.791. The molecule has 1 fully saturated rings. The first-order valence-corrected chi connectivity index (χ1v) is 9.32. The largest absolute Gasteiger partial charge is 0.486 e. The molecule has 136 valence electrons. The molecule has 2 aromatic rings. The minimum atomic E-state index is -0.181. The third-order valence-corrected chi connectivity index (χ3v) is 4.89. The number of benzene rings is 1. The van der Waals surface area contributed by atoms with Crippen LogP contribution in [-0.4, -0.2) is 9.97 Å². The minimum absolute atomic E-state index is 0.181. The fourth-order valence-electron chi connectivity index (χ4n) is 3.52. The summed E-state index contributed by atoms with van der Waals surface area (Å²) in [5, 5.41) is 0. The molecule has 0 unspecified atom stereocenters. The first-order chi connectivity index (χ1) is 12.7. The normalized spacial score (nSPS) is 15.3. The van der Waals surface area contributed by atoms with Crippen molar-refractivity contribution < 1.29 is 4.74 Å². The molecule has 0 amide bonds. The maximum Gasteiger partial charge on any atom is 0.258 e. The summed E-state index contributed by atoms with van der Waals surface area (Å²) in [6, 6.07) is 8.33. The number of nitrogens with one attached hydrogen (secondary N) is 1. The summed E-state index contributed by atoms with van der Waals surface area (Å²) in [4.78, 5) is 19.4. The lowest BCUT2D eigenvalue weighted by Gasteiger charge is -2.22. The molecular formula is C22H26N2O2. The van der Waals surface area contributed by atoms with Crippen LogP contribution in [0.25, 0.3) is 12.2 Å². The predicted octanol–water partition coefficient (Wildman–Crippen LogP) is 5.07. The van der Waals surface area contributed by atoms with Crippen LogP contribution in [0.1, 0.15) is 67.6 Å². The number of aromatic amines is 1. The molecule has 1 heterocycles. The molecule has 4 heteroatoms. The van der Waals surface area contributed by atoms with Gasteiger partial charge in [0.15, 0.2) is 0 Å². The second-order valence-electron chi connectivity index (χ2n) is 6.71. The topological polar surface area (TPSA) is 55.0 Å². The van der Waals surface area contributed by atoms with Crippen LogP contribution in [0.4, 0.5) is 0 Å². The zero-order chi connectivity index (χ0) is 18.4. The molecule has 4 nitrogen and oxygen atoms in total. The fraction of sp³-hybridized carbons (Fsp3) is 0.364. The van der Waals surface area contributed by atoms with Crippen LogP contribution in [0.15, 0.2) is 41.7 Å². The number of hydrogen-bond acceptors (Lipinski definition) is 3. The Kier molecular flexibility index (Phi) is 6.05. The molecule has 0 aliphatic heterocycles. The number of nitrogens with zero attached hydrogens (tertiary/aromatic N) is 1. The molecule has 0 atom stereocenters. The highest BCUT2D eigenvalue weighted by Gasteiger charge is 2.15. The van der Waals surface area contributed by atoms with Gasteiger partial charge in [-0.15, -0.1) is 0 Å². The van der Waals surface area contributed by atoms with Crippen molar-refractivity contribution in [2.75, 3.05) is 0 Å². The van der Waals surface area contributed by atoms with Gasteiger partial charge in [-0.25, -0.2) is 4.98 Å². The van der Waals surface area contributed by atoms with Crippen LogP contribution in [0.3, 0.4) is 0 Å². The van der Waals surface area contributed by atoms with Gasteiger partial charge in [-0.05, 0) is 49.5 Å². The van der Waals surface area contributed by atoms with Crippen molar-refractivity contribution in [2.45, 2.75) is 51.6 Å². The van der Waals surface area contributed by atoms with Crippen molar-refractivity contribution in [3.63, 3.8) is 0 Å². The summed E-state index contributed by atoms with van der Waals surface area (Å²) in [6.45, 7) is 5.82. The van der Waals surface area contributed by atoms with Gasteiger partial charge >= 0.3 is 0 Å². The van der Waals surface area contributed by atoms with E-state index in [0.29, 0.717) is 23.0 Å². The molecule has 0 radical (unpaired) electrons. The van der Waals surface area contributed by atoms with Crippen molar-refractivity contribution in [3.8, 4) is 5.75 Å². The van der Waals surface area contributed by atoms with Crippen molar-refractivity contribution in [1.82, 2.24) is 9.97 Å². The van der Waals surface area contributed by atoms with Gasteiger partial charge in [0.2, 0.25) is 0 Å². The van der Waals surface area contributed by atoms with Crippen LogP contribution in [0.5, 0.6) is 5.75 Å². The van der Waals surface area contributed by atoms with Crippen LogP contribution in [-0.2, 0) is 6.61 Å². The molecule has 3 rings (SSSR count). The maximum atomic E-state index is 12.2. The Labute approximate surface area is 154 Å². The minimum Gasteiger partial charge on any atom is -0.486 e. The highest BCUT2D eigenvalue weighted by molar-refractivity contribution is 5.60. The number of allylic oxidation sites excluding steroid dienone is 1. The van der Waals surface area contributed by atoms with E-state index in [1.165, 1.54) is 37.7 Å². The SMILES string of the molecule is C=Cc1nc(COc2ccc(C3CCCCC3)cc2)[nH]c(=O)c1/C=C\C. The fourth-order valence-corrected chi connectivity index (χ4v) is 3.52. The molecule has 0 saturated heterocycles. The zero-order valence-corrected chi connectivity index (χ0v) is 15.3. The molecule has 1 aliphatic rings. The van der Waals surface area contributed by atoms with E-state index in [1.54, 1.807) is 12.2 Å². The summed E-state index contributed by atoms with van der Waals surface area (Å²) >= 11 is 0. The van der Waals surface area contributed by atoms with E-state index in [4.69, 9.17) is 4.74 Å². The molecule has 0 bridgehead atoms. The second kappa shape index (κ2) is 8.65. The summed E-state index contributed by atoms with van der Waals surface area (Å²) in [5.41, 5.74) is 2.30. The van der Waals surface area contributed by atoms with E-state index < -0.39 is 0 Å². The molecule has 1 saturated carbocycles. The van der Waals surface area contributed by atoms with Gasteiger partial charge in [-0.2, -0.15) is 0 Å². The highest BCUT2D eigenvalue weighted by atomic mass is 16.5. The van der Waals surface area contributed by atoms with E-state index in [9.17, 15) is 4.79 Å². The predicted molar refractivity (Wildman–Crippen MR) is 106 cm³/mol. The summed E-state index contributed by atoms with van der Waals surface area (Å²) in [5.74, 6) is 1.96. The summed E-state index contributed by atoms with van der Waals surface area (Å²) < 4.78 is 5.80. The average molecular weight is 350 g/mol. The molecule has 0 spiro atoms. The standard InChI is InChI=1S/C22H26N2O2/c1-3-8-19-20(4-2)23-21(24-22(19)25)15-26-18-13-11-17(12-14-18)16-9-6-5-7-10-16/h3-4,8,11-14,16H,2,5-7,9-10,15H2,1H3,(H,23,24,25)/b8-3-. The molecule has 1 aromatic heterocycles. The summed E-state index contributed by atoms with van der Waals surface area (Å²) in [7, 11) is 0. The maximum absolute atomic E-state index is 12.2. The molecular weight excluding hydrogens is 324 g/mol. The Morgan fingerprint density at radius 3 is 2.62 bits per heavy atom. The van der Waals surface area contributed by atoms with E-state index in [0.717, 1.165) is 5.75 Å². The van der Waals surface area contributed by atoms with Crippen molar-refractivity contribution in [3.05, 3.63) is 69.9 Å². The van der Waals surface area contributed by atoms with Crippen molar-refractivity contribution >= 4 is 12.2 Å². The van der Waals surface area contributed by atoms with Crippen LogP contribution < -0.4 is 10.3 Å². The number of H-pyrrole nitrogens is 1. The lowest BCUT2D eigenvalue weighted by atomic mass is 9.84. The second-order valence-corrected chi connectivity index (χ2v) is 6.71. The molecule has 1 aliphatic carbocycles. The third kappa shape index (κ3) is 4.31. The molecule has 1 N–H and O–H groups in total. The average Bonchev–Trinajstić information content (AvgIpc) is 2.69. The van der Waals surface area contributed by atoms with Gasteiger partial charge in [-0.1, -0.05) is 50.1 Å². The smallest absolute Gasteiger partial charge is 0.258 e. The Morgan fingerprint density at radius 2 is 1.96 bits per heavy atom. The monoisotopic (exact) mass is 350 g/mol. The van der Waals surface area contributed by atoms with Gasteiger partial charge in [0.05, 0.1) is 11.3 Å². The van der Waals surface area contributed by atoms with E-state index >= 15 is 0 Å². The van der Waals surface area contributed by atoms with Gasteiger partial charge in [0.1, 0.15) is 18.2 Å². The van der Waals surface area contributed by atoms with Crippen molar-refractivity contribution in [1.29, 1.82) is 0 Å². The first kappa shape index (κ1) is 18.2. The van der Waals surface area contributed by atoms with Crippen LogP contribution in [0, 0.1) is 0 Å². The lowest BCUT2D eigenvalue weighted by Crippen LogP contribution is -2.17.